The van der Waals surface area contributed by atoms with Crippen LogP contribution in [-0.2, 0) is 11.2 Å². The predicted octanol–water partition coefficient (Wildman–Crippen LogP) is 4.79. The molecule has 0 aromatic heterocycles. The van der Waals surface area contributed by atoms with E-state index in [-0.39, 0.29) is 12.4 Å². The quantitative estimate of drug-likeness (QED) is 0.387. The molecule has 0 fully saturated rings. The summed E-state index contributed by atoms with van der Waals surface area (Å²) >= 11 is 0. The molecule has 3 aromatic carbocycles. The maximum atomic E-state index is 12.3. The van der Waals surface area contributed by atoms with Gasteiger partial charge in [-0.2, -0.15) is 5.26 Å². The van der Waals surface area contributed by atoms with Crippen molar-refractivity contribution in [3.05, 3.63) is 71.8 Å². The minimum Gasteiger partial charge on any atom is -0.493 e. The summed E-state index contributed by atoms with van der Waals surface area (Å²) in [5, 5.41) is 8.90. The number of methoxy groups -OCH3 is 3. The van der Waals surface area contributed by atoms with Gasteiger partial charge < -0.3 is 18.9 Å². The summed E-state index contributed by atoms with van der Waals surface area (Å²) in [5.74, 6) is 1.75. The van der Waals surface area contributed by atoms with E-state index in [0.717, 1.165) is 16.7 Å². The highest BCUT2D eigenvalue weighted by Gasteiger charge is 2.14. The average Bonchev–Trinajstić information content (AvgIpc) is 2.82. The number of nitrogens with zero attached hydrogens (tertiary/aromatic N) is 1. The van der Waals surface area contributed by atoms with Gasteiger partial charge in [-0.15, -0.1) is 0 Å². The summed E-state index contributed by atoms with van der Waals surface area (Å²) in [5.41, 5.74) is 3.45. The van der Waals surface area contributed by atoms with Crippen molar-refractivity contribution in [2.45, 2.75) is 12.8 Å². The molecular weight excluding hydrogens is 394 g/mol. The van der Waals surface area contributed by atoms with Crippen molar-refractivity contribution in [1.29, 1.82) is 5.26 Å². The van der Waals surface area contributed by atoms with Gasteiger partial charge in [0.2, 0.25) is 5.75 Å². The smallest absolute Gasteiger partial charge is 0.311 e. The number of ether oxygens (including phenoxy) is 4. The van der Waals surface area contributed by atoms with Gasteiger partial charge in [0.15, 0.2) is 11.5 Å². The Morgan fingerprint density at radius 1 is 0.839 bits per heavy atom. The lowest BCUT2D eigenvalue weighted by Crippen LogP contribution is -2.09. The molecule has 0 unspecified atom stereocenters. The van der Waals surface area contributed by atoms with Gasteiger partial charge in [-0.1, -0.05) is 24.3 Å². The Morgan fingerprint density at radius 3 is 1.87 bits per heavy atom. The summed E-state index contributed by atoms with van der Waals surface area (Å²) in [7, 11) is 4.65. The van der Waals surface area contributed by atoms with Crippen molar-refractivity contribution >= 4 is 5.97 Å². The lowest BCUT2D eigenvalue weighted by atomic mass is 10.0. The van der Waals surface area contributed by atoms with Crippen molar-refractivity contribution in [2.24, 2.45) is 0 Å². The van der Waals surface area contributed by atoms with E-state index in [1.807, 2.05) is 36.4 Å². The molecular formula is C25H23NO5. The number of nitriles is 1. The summed E-state index contributed by atoms with van der Waals surface area (Å²) in [6.45, 7) is 0. The predicted molar refractivity (Wildman–Crippen MR) is 117 cm³/mol. The van der Waals surface area contributed by atoms with E-state index in [4.69, 9.17) is 24.2 Å². The van der Waals surface area contributed by atoms with Crippen LogP contribution in [0.5, 0.6) is 23.0 Å². The number of carbonyl (C=O) groups excluding carboxylic acids is 1. The molecule has 31 heavy (non-hydrogen) atoms. The SMILES string of the molecule is COc1cc(CCC(=O)Oc2ccc(-c3ccc(C#N)cc3)cc2)cc(OC)c1OC. The third-order valence-electron chi connectivity index (χ3n) is 4.78. The first-order valence-corrected chi connectivity index (χ1v) is 9.68. The molecule has 0 amide bonds. The van der Waals surface area contributed by atoms with Crippen LogP contribution in [0.25, 0.3) is 11.1 Å². The van der Waals surface area contributed by atoms with Crippen molar-refractivity contribution in [2.75, 3.05) is 21.3 Å². The normalized spacial score (nSPS) is 10.1. The second kappa shape index (κ2) is 10.2. The molecule has 6 heteroatoms. The standard InChI is InChI=1S/C25H23NO5/c1-28-22-14-18(15-23(29-2)25(22)30-3)6-13-24(27)31-21-11-9-20(10-12-21)19-7-4-17(16-26)5-8-19/h4-5,7-12,14-15H,6,13H2,1-3H3. The number of aryl methyl sites for hydroxylation is 1. The second-order valence-corrected chi connectivity index (χ2v) is 6.72. The number of rotatable bonds is 8. The maximum Gasteiger partial charge on any atom is 0.311 e. The number of benzene rings is 3. The summed E-state index contributed by atoms with van der Waals surface area (Å²) in [6.07, 6.45) is 0.675. The Bertz CT molecular complexity index is 1060. The van der Waals surface area contributed by atoms with Gasteiger partial charge >= 0.3 is 5.97 Å². The average molecular weight is 417 g/mol. The van der Waals surface area contributed by atoms with Gasteiger partial charge in [-0.25, -0.2) is 0 Å². The van der Waals surface area contributed by atoms with Gasteiger partial charge in [0.1, 0.15) is 5.75 Å². The number of esters is 1. The largest absolute Gasteiger partial charge is 0.493 e. The number of hydrogen-bond donors (Lipinski definition) is 0. The van der Waals surface area contributed by atoms with Gasteiger partial charge in [0, 0.05) is 6.42 Å². The van der Waals surface area contributed by atoms with Gasteiger partial charge in [-0.3, -0.25) is 4.79 Å². The van der Waals surface area contributed by atoms with Crippen LogP contribution in [0.4, 0.5) is 0 Å². The van der Waals surface area contributed by atoms with E-state index in [9.17, 15) is 4.79 Å². The van der Waals surface area contributed by atoms with Crippen LogP contribution in [-0.4, -0.2) is 27.3 Å². The third-order valence-corrected chi connectivity index (χ3v) is 4.78. The highest BCUT2D eigenvalue weighted by atomic mass is 16.5. The van der Waals surface area contributed by atoms with E-state index in [1.165, 1.54) is 0 Å². The fourth-order valence-corrected chi connectivity index (χ4v) is 3.16. The van der Waals surface area contributed by atoms with E-state index in [1.54, 1.807) is 45.6 Å². The molecule has 0 aliphatic heterocycles. The first-order valence-electron chi connectivity index (χ1n) is 9.68. The molecule has 3 aromatic rings. The third kappa shape index (κ3) is 5.34. The Hall–Kier alpha value is -3.98. The van der Waals surface area contributed by atoms with E-state index >= 15 is 0 Å². The first-order chi connectivity index (χ1) is 15.1. The van der Waals surface area contributed by atoms with Crippen LogP contribution in [0.1, 0.15) is 17.5 Å². The lowest BCUT2D eigenvalue weighted by molar-refractivity contribution is -0.134. The zero-order valence-corrected chi connectivity index (χ0v) is 17.7. The summed E-state index contributed by atoms with van der Waals surface area (Å²) in [4.78, 5) is 12.3. The minimum absolute atomic E-state index is 0.204. The van der Waals surface area contributed by atoms with Crippen LogP contribution < -0.4 is 18.9 Å². The van der Waals surface area contributed by atoms with Crippen LogP contribution in [0.2, 0.25) is 0 Å². The monoisotopic (exact) mass is 417 g/mol. The fourth-order valence-electron chi connectivity index (χ4n) is 3.16. The zero-order chi connectivity index (χ0) is 22.2. The van der Waals surface area contributed by atoms with Crippen LogP contribution in [0.3, 0.4) is 0 Å². The lowest BCUT2D eigenvalue weighted by Gasteiger charge is -2.14. The van der Waals surface area contributed by atoms with E-state index < -0.39 is 0 Å². The molecule has 3 rings (SSSR count). The first kappa shape index (κ1) is 21.7. The van der Waals surface area contributed by atoms with E-state index in [2.05, 4.69) is 6.07 Å². The molecule has 0 heterocycles. The molecule has 0 atom stereocenters. The molecule has 0 radical (unpaired) electrons. The topological polar surface area (TPSA) is 77.8 Å². The molecule has 0 bridgehead atoms. The number of hydrogen-bond acceptors (Lipinski definition) is 6. The Balaban J connectivity index is 1.61. The van der Waals surface area contributed by atoms with Crippen LogP contribution in [0.15, 0.2) is 60.7 Å². The number of carbonyl (C=O) groups is 1. The van der Waals surface area contributed by atoms with Crippen LogP contribution >= 0.6 is 0 Å². The molecule has 0 spiro atoms. The van der Waals surface area contributed by atoms with E-state index in [0.29, 0.717) is 35.0 Å². The van der Waals surface area contributed by atoms with Crippen molar-refractivity contribution < 1.29 is 23.7 Å². The molecule has 0 aliphatic rings. The minimum atomic E-state index is -0.333. The molecule has 0 aliphatic carbocycles. The molecule has 158 valence electrons. The molecule has 6 nitrogen and oxygen atoms in total. The Labute approximate surface area is 181 Å². The Kier molecular flexibility index (Phi) is 7.13. The molecule has 0 saturated heterocycles. The highest BCUT2D eigenvalue weighted by Crippen LogP contribution is 2.38. The maximum absolute atomic E-state index is 12.3. The Morgan fingerprint density at radius 2 is 1.39 bits per heavy atom. The molecule has 0 saturated carbocycles. The summed E-state index contributed by atoms with van der Waals surface area (Å²) in [6, 6.07) is 20.3. The fraction of sp³-hybridized carbons (Fsp3) is 0.200. The zero-order valence-electron chi connectivity index (χ0n) is 17.7. The highest BCUT2D eigenvalue weighted by molar-refractivity contribution is 5.73. The van der Waals surface area contributed by atoms with Crippen molar-refractivity contribution in [1.82, 2.24) is 0 Å². The van der Waals surface area contributed by atoms with Gasteiger partial charge in [0.05, 0.1) is 33.0 Å². The van der Waals surface area contributed by atoms with Gasteiger partial charge in [-0.05, 0) is 59.5 Å². The van der Waals surface area contributed by atoms with Crippen molar-refractivity contribution in [3.8, 4) is 40.2 Å². The second-order valence-electron chi connectivity index (χ2n) is 6.72. The van der Waals surface area contributed by atoms with Gasteiger partial charge in [0.25, 0.3) is 0 Å². The summed E-state index contributed by atoms with van der Waals surface area (Å²) < 4.78 is 21.5. The van der Waals surface area contributed by atoms with Crippen LogP contribution in [0, 0.1) is 11.3 Å². The molecule has 0 N–H and O–H groups in total. The van der Waals surface area contributed by atoms with Crippen molar-refractivity contribution in [3.63, 3.8) is 0 Å².